The van der Waals surface area contributed by atoms with Gasteiger partial charge in [0.1, 0.15) is 6.10 Å². The first kappa shape index (κ1) is 22.3. The standard InChI is InChI=1S/C21H30N6O5/c1-15-18(2-3-19(28)25-8-5-16(6-9-25)20(29)30)32-21(31)27(15)26-12-10-24(11-13-26)17-4-7-22-23-14-17/h4,7,14-16,18H,2-3,5-6,8-13H2,1H3,(H,29,30). The first-order valence-corrected chi connectivity index (χ1v) is 11.2. The minimum Gasteiger partial charge on any atom is -0.481 e. The predicted molar refractivity (Wildman–Crippen MR) is 114 cm³/mol. The topological polar surface area (TPSA) is 119 Å². The lowest BCUT2D eigenvalue weighted by Gasteiger charge is -2.40. The lowest BCUT2D eigenvalue weighted by molar-refractivity contribution is -0.145. The monoisotopic (exact) mass is 446 g/mol. The summed E-state index contributed by atoms with van der Waals surface area (Å²) in [4.78, 5) is 40.2. The van der Waals surface area contributed by atoms with Gasteiger partial charge in [-0.15, -0.1) is 0 Å². The van der Waals surface area contributed by atoms with Gasteiger partial charge in [-0.25, -0.2) is 14.8 Å². The zero-order valence-corrected chi connectivity index (χ0v) is 18.3. The van der Waals surface area contributed by atoms with Crippen LogP contribution in [0.25, 0.3) is 0 Å². The van der Waals surface area contributed by atoms with E-state index in [0.29, 0.717) is 45.4 Å². The predicted octanol–water partition coefficient (Wildman–Crippen LogP) is 0.826. The Labute approximate surface area is 186 Å². The van der Waals surface area contributed by atoms with Crippen LogP contribution in [-0.2, 0) is 14.3 Å². The van der Waals surface area contributed by atoms with Crippen molar-refractivity contribution in [3.8, 4) is 0 Å². The second-order valence-electron chi connectivity index (χ2n) is 8.58. The highest BCUT2D eigenvalue weighted by atomic mass is 16.6. The third-order valence-corrected chi connectivity index (χ3v) is 6.70. The Morgan fingerprint density at radius 2 is 1.84 bits per heavy atom. The van der Waals surface area contributed by atoms with Gasteiger partial charge in [-0.3, -0.25) is 9.59 Å². The number of carboxylic acids is 1. The zero-order valence-electron chi connectivity index (χ0n) is 18.3. The van der Waals surface area contributed by atoms with Crippen LogP contribution in [0.15, 0.2) is 18.5 Å². The second-order valence-corrected chi connectivity index (χ2v) is 8.58. The Morgan fingerprint density at radius 1 is 1.12 bits per heavy atom. The lowest BCUT2D eigenvalue weighted by Crippen LogP contribution is -2.56. The summed E-state index contributed by atoms with van der Waals surface area (Å²) in [7, 11) is 0. The number of piperazine rings is 1. The average molecular weight is 447 g/mol. The summed E-state index contributed by atoms with van der Waals surface area (Å²) in [6.07, 6.45) is 4.43. The highest BCUT2D eigenvalue weighted by Gasteiger charge is 2.43. The highest BCUT2D eigenvalue weighted by Crippen LogP contribution is 2.27. The van der Waals surface area contributed by atoms with Gasteiger partial charge < -0.3 is 19.6 Å². The number of carboxylic acid groups (broad SMARTS) is 1. The molecule has 0 bridgehead atoms. The van der Waals surface area contributed by atoms with Crippen molar-refractivity contribution in [2.45, 2.75) is 44.8 Å². The van der Waals surface area contributed by atoms with Gasteiger partial charge >= 0.3 is 12.1 Å². The number of likely N-dealkylation sites (tertiary alicyclic amines) is 1. The molecule has 2 unspecified atom stereocenters. The van der Waals surface area contributed by atoms with E-state index < -0.39 is 5.97 Å². The van der Waals surface area contributed by atoms with Crippen molar-refractivity contribution < 1.29 is 24.2 Å². The van der Waals surface area contributed by atoms with Gasteiger partial charge in [0, 0.05) is 45.7 Å². The van der Waals surface area contributed by atoms with E-state index in [4.69, 9.17) is 9.84 Å². The number of hydrogen-bond acceptors (Lipinski definition) is 8. The second kappa shape index (κ2) is 9.68. The van der Waals surface area contributed by atoms with E-state index in [1.165, 1.54) is 0 Å². The number of carbonyl (C=O) groups excluding carboxylic acids is 2. The number of hydrogen-bond donors (Lipinski definition) is 1. The van der Waals surface area contributed by atoms with Gasteiger partial charge in [0.15, 0.2) is 0 Å². The summed E-state index contributed by atoms with van der Waals surface area (Å²) < 4.78 is 5.60. The summed E-state index contributed by atoms with van der Waals surface area (Å²) in [5, 5.41) is 20.5. The van der Waals surface area contributed by atoms with E-state index in [-0.39, 0.29) is 36.5 Å². The molecule has 3 aliphatic rings. The molecule has 0 aliphatic carbocycles. The highest BCUT2D eigenvalue weighted by molar-refractivity contribution is 5.77. The van der Waals surface area contributed by atoms with Crippen molar-refractivity contribution in [3.63, 3.8) is 0 Å². The molecule has 1 aromatic rings. The van der Waals surface area contributed by atoms with Crippen molar-refractivity contribution in [1.29, 1.82) is 0 Å². The molecule has 11 nitrogen and oxygen atoms in total. The number of piperidine rings is 1. The van der Waals surface area contributed by atoms with Crippen molar-refractivity contribution in [2.75, 3.05) is 44.2 Å². The van der Waals surface area contributed by atoms with E-state index >= 15 is 0 Å². The summed E-state index contributed by atoms with van der Waals surface area (Å²) in [5.74, 6) is -1.16. The van der Waals surface area contributed by atoms with Crippen molar-refractivity contribution in [1.82, 2.24) is 25.1 Å². The van der Waals surface area contributed by atoms with Crippen molar-refractivity contribution >= 4 is 23.7 Å². The fraction of sp³-hybridized carbons (Fsp3) is 0.667. The number of amides is 2. The summed E-state index contributed by atoms with van der Waals surface area (Å²) in [5.41, 5.74) is 1.01. The Morgan fingerprint density at radius 3 is 2.47 bits per heavy atom. The molecule has 2 atom stereocenters. The number of aliphatic carboxylic acids is 1. The molecular weight excluding hydrogens is 416 g/mol. The largest absolute Gasteiger partial charge is 0.481 e. The first-order chi connectivity index (χ1) is 15.4. The Kier molecular flexibility index (Phi) is 6.73. The van der Waals surface area contributed by atoms with Crippen LogP contribution in [0.1, 0.15) is 32.6 Å². The molecule has 0 saturated carbocycles. The number of nitrogens with zero attached hydrogens (tertiary/aromatic N) is 6. The number of hydrazine groups is 1. The van der Waals surface area contributed by atoms with Crippen LogP contribution in [0.3, 0.4) is 0 Å². The summed E-state index contributed by atoms with van der Waals surface area (Å²) in [6.45, 7) is 5.79. The average Bonchev–Trinajstić information content (AvgIpc) is 3.11. The van der Waals surface area contributed by atoms with E-state index in [9.17, 15) is 14.4 Å². The molecule has 32 heavy (non-hydrogen) atoms. The van der Waals surface area contributed by atoms with Gasteiger partial charge in [0.05, 0.1) is 30.0 Å². The minimum atomic E-state index is -0.790. The molecule has 1 N–H and O–H groups in total. The minimum absolute atomic E-state index is 0.00453. The molecule has 3 fully saturated rings. The smallest absolute Gasteiger partial charge is 0.425 e. The Balaban J connectivity index is 1.25. The molecule has 4 heterocycles. The number of carbonyl (C=O) groups is 3. The third-order valence-electron chi connectivity index (χ3n) is 6.70. The zero-order chi connectivity index (χ0) is 22.7. The van der Waals surface area contributed by atoms with Gasteiger partial charge in [-0.1, -0.05) is 0 Å². The molecule has 2 amide bonds. The normalized spacial score (nSPS) is 25.2. The van der Waals surface area contributed by atoms with E-state index in [1.54, 1.807) is 22.3 Å². The molecule has 0 aromatic carbocycles. The van der Waals surface area contributed by atoms with Gasteiger partial charge in [0.25, 0.3) is 0 Å². The van der Waals surface area contributed by atoms with Crippen LogP contribution < -0.4 is 4.90 Å². The number of ether oxygens (including phenoxy) is 1. The van der Waals surface area contributed by atoms with E-state index in [2.05, 4.69) is 15.1 Å². The number of aromatic nitrogens is 2. The quantitative estimate of drug-likeness (QED) is 0.677. The van der Waals surface area contributed by atoms with Crippen molar-refractivity contribution in [3.05, 3.63) is 18.5 Å². The van der Waals surface area contributed by atoms with Crippen LogP contribution in [-0.4, -0.2) is 99.6 Å². The fourth-order valence-corrected chi connectivity index (χ4v) is 4.72. The van der Waals surface area contributed by atoms with Crippen LogP contribution in [0.2, 0.25) is 0 Å². The number of anilines is 1. The summed E-state index contributed by atoms with van der Waals surface area (Å²) >= 11 is 0. The van der Waals surface area contributed by atoms with Crippen LogP contribution in [0, 0.1) is 5.92 Å². The molecular formula is C21H30N6O5. The van der Waals surface area contributed by atoms with Gasteiger partial charge in [0.2, 0.25) is 5.91 Å². The fourth-order valence-electron chi connectivity index (χ4n) is 4.72. The first-order valence-electron chi connectivity index (χ1n) is 11.2. The molecule has 0 spiro atoms. The molecule has 0 radical (unpaired) electrons. The number of cyclic esters (lactones) is 1. The molecule has 174 valence electrons. The maximum atomic E-state index is 12.6. The van der Waals surface area contributed by atoms with Gasteiger partial charge in [-0.05, 0) is 32.3 Å². The molecule has 3 aliphatic heterocycles. The van der Waals surface area contributed by atoms with Crippen LogP contribution >= 0.6 is 0 Å². The van der Waals surface area contributed by atoms with Crippen molar-refractivity contribution in [2.24, 2.45) is 5.92 Å². The maximum Gasteiger partial charge on any atom is 0.425 e. The molecule has 1 aromatic heterocycles. The molecule has 11 heteroatoms. The number of rotatable bonds is 6. The SMILES string of the molecule is CC1C(CCC(=O)N2CCC(C(=O)O)CC2)OC(=O)N1N1CCN(c2ccnnc2)CC1. The van der Waals surface area contributed by atoms with E-state index in [1.807, 2.05) is 18.0 Å². The Bertz CT molecular complexity index is 823. The molecule has 3 saturated heterocycles. The summed E-state index contributed by atoms with van der Waals surface area (Å²) in [6, 6.07) is 1.77. The van der Waals surface area contributed by atoms with Gasteiger partial charge in [-0.2, -0.15) is 10.2 Å². The molecule has 4 rings (SSSR count). The van der Waals surface area contributed by atoms with Crippen LogP contribution in [0.4, 0.5) is 10.5 Å². The van der Waals surface area contributed by atoms with E-state index in [0.717, 1.165) is 18.8 Å². The maximum absolute atomic E-state index is 12.6. The van der Waals surface area contributed by atoms with Crippen LogP contribution in [0.5, 0.6) is 0 Å². The third kappa shape index (κ3) is 4.77. The Hall–Kier alpha value is -2.95. The lowest BCUT2D eigenvalue weighted by atomic mass is 9.96.